The van der Waals surface area contributed by atoms with Crippen molar-refractivity contribution in [1.29, 1.82) is 0 Å². The molecule has 0 saturated carbocycles. The minimum absolute atomic E-state index is 0.0399. The second kappa shape index (κ2) is 9.53. The minimum atomic E-state index is -2.56. The second-order valence-electron chi connectivity index (χ2n) is 9.31. The van der Waals surface area contributed by atoms with E-state index in [9.17, 15) is 4.79 Å². The first-order chi connectivity index (χ1) is 15.8. The predicted octanol–water partition coefficient (Wildman–Crippen LogP) is 3.79. The first-order valence-corrected chi connectivity index (χ1v) is 13.4. The van der Waals surface area contributed by atoms with Crippen molar-refractivity contribution in [3.63, 3.8) is 0 Å². The Balaban J connectivity index is 1.50. The van der Waals surface area contributed by atoms with Crippen LogP contribution in [0.15, 0.2) is 66.7 Å². The number of carbonyl (C=O) groups is 1. The van der Waals surface area contributed by atoms with E-state index in [2.05, 4.69) is 86.5 Å². The topological polar surface area (TPSA) is 62.6 Å². The van der Waals surface area contributed by atoms with E-state index in [4.69, 9.17) is 13.9 Å². The number of carbonyl (C=O) groups excluding carboxylic acids is 1. The average molecular weight is 465 g/mol. The van der Waals surface area contributed by atoms with E-state index in [1.807, 2.05) is 0 Å². The normalized spacial score (nSPS) is 15.7. The van der Waals surface area contributed by atoms with Gasteiger partial charge >= 0.3 is 5.97 Å². The smallest absolute Gasteiger partial charge is 0.358 e. The first-order valence-electron chi connectivity index (χ1n) is 11.5. The summed E-state index contributed by atoms with van der Waals surface area (Å²) in [6.45, 7) is 10.1. The number of hydrogen-bond donors (Lipinski definition) is 0. The number of benzene rings is 2. The van der Waals surface area contributed by atoms with Crippen LogP contribution < -0.4 is 15.1 Å². The van der Waals surface area contributed by atoms with Crippen molar-refractivity contribution >= 4 is 24.7 Å². The van der Waals surface area contributed by atoms with Gasteiger partial charge in [0.2, 0.25) is 5.88 Å². The van der Waals surface area contributed by atoms with Crippen LogP contribution in [0.4, 0.5) is 0 Å². The Hall–Kier alpha value is -2.90. The van der Waals surface area contributed by atoms with Crippen molar-refractivity contribution in [3.05, 3.63) is 72.4 Å². The molecule has 0 fully saturated rings. The van der Waals surface area contributed by atoms with E-state index in [0.29, 0.717) is 25.6 Å². The van der Waals surface area contributed by atoms with Gasteiger partial charge in [-0.05, 0) is 22.3 Å². The van der Waals surface area contributed by atoms with Crippen LogP contribution >= 0.6 is 0 Å². The molecule has 2 heterocycles. The molecule has 1 aliphatic rings. The van der Waals surface area contributed by atoms with Crippen LogP contribution in [0.3, 0.4) is 0 Å². The molecule has 1 atom stereocenters. The molecule has 6 nitrogen and oxygen atoms in total. The largest absolute Gasteiger partial charge is 0.472 e. The van der Waals surface area contributed by atoms with Gasteiger partial charge in [0.25, 0.3) is 8.32 Å². The molecule has 0 bridgehead atoms. The van der Waals surface area contributed by atoms with Gasteiger partial charge in [-0.2, -0.15) is 5.10 Å². The molecule has 1 unspecified atom stereocenters. The summed E-state index contributed by atoms with van der Waals surface area (Å²) < 4.78 is 19.8. The summed E-state index contributed by atoms with van der Waals surface area (Å²) in [6, 6.07) is 22.9. The van der Waals surface area contributed by atoms with Gasteiger partial charge in [-0.15, -0.1) is 0 Å². The summed E-state index contributed by atoms with van der Waals surface area (Å²) in [5.74, 6) is 0.183. The maximum Gasteiger partial charge on any atom is 0.358 e. The van der Waals surface area contributed by atoms with Crippen LogP contribution in [0.1, 0.15) is 44.6 Å². The van der Waals surface area contributed by atoms with Crippen LogP contribution in [0.5, 0.6) is 5.88 Å². The van der Waals surface area contributed by atoms with E-state index in [0.717, 1.165) is 6.42 Å². The van der Waals surface area contributed by atoms with Gasteiger partial charge in [0, 0.05) is 19.1 Å². The predicted molar refractivity (Wildman–Crippen MR) is 131 cm³/mol. The standard InChI is InChI=1S/C26H32N2O4Si/c1-5-30-25(29)23-18-24-28(27-23)19-20(32-24)16-17-31-33(26(2,3)4,21-12-8-6-9-13-21)22-14-10-7-11-15-22/h6-15,18,20H,5,16-17,19H2,1-4H3. The lowest BCUT2D eigenvalue weighted by Gasteiger charge is -2.43. The molecule has 0 aliphatic carbocycles. The van der Waals surface area contributed by atoms with Gasteiger partial charge < -0.3 is 13.9 Å². The third kappa shape index (κ3) is 4.61. The SMILES string of the molecule is CCOC(=O)c1cc2n(n1)CC(CCO[Si](c1ccccc1)(c1ccccc1)C(C)(C)C)O2. The van der Waals surface area contributed by atoms with Gasteiger partial charge in [-0.25, -0.2) is 9.48 Å². The zero-order valence-electron chi connectivity index (χ0n) is 19.8. The number of esters is 1. The number of ether oxygens (including phenoxy) is 2. The highest BCUT2D eigenvalue weighted by molar-refractivity contribution is 6.99. The van der Waals surface area contributed by atoms with E-state index in [1.54, 1.807) is 17.7 Å². The fourth-order valence-electron chi connectivity index (χ4n) is 4.59. The molecule has 1 aliphatic heterocycles. The van der Waals surface area contributed by atoms with Crippen molar-refractivity contribution in [2.24, 2.45) is 0 Å². The lowest BCUT2D eigenvalue weighted by atomic mass is 10.2. The maximum absolute atomic E-state index is 11.9. The number of rotatable bonds is 8. The Morgan fingerprint density at radius 2 is 1.70 bits per heavy atom. The molecule has 0 amide bonds. The van der Waals surface area contributed by atoms with Crippen molar-refractivity contribution in [1.82, 2.24) is 9.78 Å². The van der Waals surface area contributed by atoms with Crippen LogP contribution in [0, 0.1) is 0 Å². The lowest BCUT2D eigenvalue weighted by molar-refractivity contribution is 0.0517. The highest BCUT2D eigenvalue weighted by Crippen LogP contribution is 2.37. The minimum Gasteiger partial charge on any atom is -0.472 e. The summed E-state index contributed by atoms with van der Waals surface area (Å²) >= 11 is 0. The summed E-state index contributed by atoms with van der Waals surface area (Å²) in [5, 5.41) is 6.81. The number of aromatic nitrogens is 2. The average Bonchev–Trinajstić information content (AvgIpc) is 3.36. The Labute approximate surface area is 196 Å². The van der Waals surface area contributed by atoms with Crippen molar-refractivity contribution in [3.8, 4) is 5.88 Å². The molecule has 33 heavy (non-hydrogen) atoms. The van der Waals surface area contributed by atoms with Gasteiger partial charge in [-0.1, -0.05) is 81.4 Å². The van der Waals surface area contributed by atoms with Crippen LogP contribution in [-0.2, 0) is 15.7 Å². The molecule has 0 saturated heterocycles. The molecule has 0 N–H and O–H groups in total. The monoisotopic (exact) mass is 464 g/mol. The van der Waals surface area contributed by atoms with Crippen molar-refractivity contribution < 1.29 is 18.7 Å². The van der Waals surface area contributed by atoms with Gasteiger partial charge in [0.1, 0.15) is 6.10 Å². The third-order valence-corrected chi connectivity index (χ3v) is 11.1. The highest BCUT2D eigenvalue weighted by Gasteiger charge is 2.50. The van der Waals surface area contributed by atoms with E-state index < -0.39 is 14.3 Å². The molecular formula is C26H32N2O4Si. The summed E-state index contributed by atoms with van der Waals surface area (Å²) in [4.78, 5) is 11.9. The number of fused-ring (bicyclic) bond motifs is 1. The summed E-state index contributed by atoms with van der Waals surface area (Å²) in [5.41, 5.74) is 0.286. The van der Waals surface area contributed by atoms with Crippen molar-refractivity contribution in [2.45, 2.75) is 51.8 Å². The molecule has 4 rings (SSSR count). The lowest BCUT2D eigenvalue weighted by Crippen LogP contribution is -2.66. The summed E-state index contributed by atoms with van der Waals surface area (Å²) in [6.07, 6.45) is 0.699. The fourth-order valence-corrected chi connectivity index (χ4v) is 9.17. The molecule has 3 aromatic rings. The van der Waals surface area contributed by atoms with Gasteiger partial charge in [-0.3, -0.25) is 0 Å². The van der Waals surface area contributed by atoms with E-state index in [-0.39, 0.29) is 16.8 Å². The highest BCUT2D eigenvalue weighted by atomic mass is 28.4. The maximum atomic E-state index is 11.9. The quantitative estimate of drug-likeness (QED) is 0.375. The van der Waals surface area contributed by atoms with Gasteiger partial charge in [0.05, 0.1) is 13.2 Å². The number of hydrogen-bond acceptors (Lipinski definition) is 5. The van der Waals surface area contributed by atoms with E-state index >= 15 is 0 Å². The van der Waals surface area contributed by atoms with Gasteiger partial charge in [0.15, 0.2) is 5.69 Å². The molecule has 0 spiro atoms. The molecule has 1 aromatic heterocycles. The van der Waals surface area contributed by atoms with Crippen molar-refractivity contribution in [2.75, 3.05) is 13.2 Å². The molecular weight excluding hydrogens is 432 g/mol. The van der Waals surface area contributed by atoms with Crippen LogP contribution in [0.25, 0.3) is 0 Å². The zero-order chi connectivity index (χ0) is 23.5. The Kier molecular flexibility index (Phi) is 6.72. The first kappa shape index (κ1) is 23.3. The Morgan fingerprint density at radius 1 is 1.09 bits per heavy atom. The third-order valence-electron chi connectivity index (χ3n) is 6.07. The second-order valence-corrected chi connectivity index (χ2v) is 13.6. The Bertz CT molecular complexity index is 1010. The summed E-state index contributed by atoms with van der Waals surface area (Å²) in [7, 11) is -2.56. The molecule has 174 valence electrons. The van der Waals surface area contributed by atoms with E-state index in [1.165, 1.54) is 10.4 Å². The Morgan fingerprint density at radius 3 is 2.21 bits per heavy atom. The molecule has 2 aromatic carbocycles. The fraction of sp³-hybridized carbons (Fsp3) is 0.385. The van der Waals surface area contributed by atoms with Crippen LogP contribution in [0.2, 0.25) is 5.04 Å². The zero-order valence-corrected chi connectivity index (χ0v) is 20.8. The molecule has 0 radical (unpaired) electrons. The number of nitrogens with zero attached hydrogens (tertiary/aromatic N) is 2. The molecule has 7 heteroatoms. The van der Waals surface area contributed by atoms with Crippen LogP contribution in [-0.4, -0.2) is 43.4 Å².